The van der Waals surface area contributed by atoms with Crippen molar-refractivity contribution in [1.29, 1.82) is 0 Å². The number of amides is 1. The molecule has 1 aromatic carbocycles. The highest BCUT2D eigenvalue weighted by Gasteiger charge is 2.21. The van der Waals surface area contributed by atoms with E-state index >= 15 is 0 Å². The van der Waals surface area contributed by atoms with E-state index in [1.54, 1.807) is 0 Å². The lowest BCUT2D eigenvalue weighted by Gasteiger charge is -2.20. The molecule has 2 rings (SSSR count). The Morgan fingerprint density at radius 3 is 2.75 bits per heavy atom. The van der Waals surface area contributed by atoms with Crippen LogP contribution in [-0.2, 0) is 4.79 Å². The van der Waals surface area contributed by atoms with Gasteiger partial charge in [-0.1, -0.05) is 19.1 Å². The molecule has 1 fully saturated rings. The molecule has 1 aromatic rings. The van der Waals surface area contributed by atoms with Gasteiger partial charge < -0.3 is 16.0 Å². The summed E-state index contributed by atoms with van der Waals surface area (Å²) >= 11 is 0. The maximum absolute atomic E-state index is 12.0. The number of benzene rings is 1. The van der Waals surface area contributed by atoms with E-state index in [0.29, 0.717) is 12.5 Å². The van der Waals surface area contributed by atoms with Gasteiger partial charge in [-0.25, -0.2) is 0 Å². The number of hydrogen-bond donors (Lipinski definition) is 2. The lowest BCUT2D eigenvalue weighted by atomic mass is 9.97. The van der Waals surface area contributed by atoms with Gasteiger partial charge in [0.2, 0.25) is 5.91 Å². The molecule has 2 atom stereocenters. The van der Waals surface area contributed by atoms with Gasteiger partial charge in [0.25, 0.3) is 0 Å². The third-order valence-corrected chi connectivity index (χ3v) is 4.20. The second-order valence-corrected chi connectivity index (χ2v) is 5.85. The molecule has 0 saturated carbocycles. The molecular weight excluding hydrogens is 250 g/mol. The van der Waals surface area contributed by atoms with E-state index in [9.17, 15) is 4.79 Å². The molecular formula is C16H25N3O. The van der Waals surface area contributed by atoms with E-state index in [-0.39, 0.29) is 11.8 Å². The fraction of sp³-hybridized carbons (Fsp3) is 0.562. The van der Waals surface area contributed by atoms with Crippen LogP contribution in [0.4, 0.5) is 5.69 Å². The van der Waals surface area contributed by atoms with Gasteiger partial charge in [0.1, 0.15) is 0 Å². The minimum Gasteiger partial charge on any atom is -0.399 e. The summed E-state index contributed by atoms with van der Waals surface area (Å²) in [6.45, 7) is 3.99. The molecule has 2 unspecified atom stereocenters. The number of likely N-dealkylation sites (tertiary alicyclic amines) is 1. The van der Waals surface area contributed by atoms with Crippen molar-refractivity contribution in [2.75, 3.05) is 25.9 Å². The molecule has 1 aliphatic rings. The monoisotopic (exact) mass is 275 g/mol. The molecule has 0 spiro atoms. The van der Waals surface area contributed by atoms with E-state index in [4.69, 9.17) is 5.73 Å². The van der Waals surface area contributed by atoms with Gasteiger partial charge >= 0.3 is 0 Å². The Bertz CT molecular complexity index is 444. The summed E-state index contributed by atoms with van der Waals surface area (Å²) in [5, 5.41) is 3.06. The van der Waals surface area contributed by atoms with Gasteiger partial charge in [-0.3, -0.25) is 4.79 Å². The zero-order valence-corrected chi connectivity index (χ0v) is 12.4. The summed E-state index contributed by atoms with van der Waals surface area (Å²) < 4.78 is 0. The predicted molar refractivity (Wildman–Crippen MR) is 82.5 cm³/mol. The van der Waals surface area contributed by atoms with Gasteiger partial charge in [-0.2, -0.15) is 0 Å². The van der Waals surface area contributed by atoms with Crippen LogP contribution in [0.5, 0.6) is 0 Å². The Hall–Kier alpha value is -1.55. The van der Waals surface area contributed by atoms with Crippen molar-refractivity contribution in [2.24, 2.45) is 0 Å². The highest BCUT2D eigenvalue weighted by molar-refractivity contribution is 5.76. The second kappa shape index (κ2) is 6.75. The number of nitrogens with two attached hydrogens (primary N) is 1. The van der Waals surface area contributed by atoms with E-state index in [0.717, 1.165) is 24.3 Å². The zero-order chi connectivity index (χ0) is 14.5. The molecule has 4 heteroatoms. The van der Waals surface area contributed by atoms with Crippen LogP contribution in [0.15, 0.2) is 24.3 Å². The number of nitrogens with zero attached hydrogens (tertiary/aromatic N) is 1. The first-order valence-corrected chi connectivity index (χ1v) is 7.38. The average molecular weight is 275 g/mol. The number of likely N-dealkylation sites (N-methyl/N-ethyl adjacent to an activating group) is 1. The Morgan fingerprint density at radius 2 is 2.15 bits per heavy atom. The molecule has 110 valence electrons. The summed E-state index contributed by atoms with van der Waals surface area (Å²) in [6.07, 6.45) is 2.95. The van der Waals surface area contributed by atoms with Crippen molar-refractivity contribution in [3.8, 4) is 0 Å². The van der Waals surface area contributed by atoms with Gasteiger partial charge in [-0.05, 0) is 50.0 Å². The zero-order valence-electron chi connectivity index (χ0n) is 12.4. The third-order valence-electron chi connectivity index (χ3n) is 4.20. The molecule has 0 aliphatic carbocycles. The molecule has 1 aliphatic heterocycles. The molecule has 0 bridgehead atoms. The fourth-order valence-corrected chi connectivity index (χ4v) is 2.76. The lowest BCUT2D eigenvalue weighted by Crippen LogP contribution is -2.38. The highest BCUT2D eigenvalue weighted by atomic mass is 16.1. The fourth-order valence-electron chi connectivity index (χ4n) is 2.76. The number of nitrogen functional groups attached to an aromatic ring is 1. The van der Waals surface area contributed by atoms with E-state index < -0.39 is 0 Å². The van der Waals surface area contributed by atoms with Crippen molar-refractivity contribution >= 4 is 11.6 Å². The third kappa shape index (κ3) is 3.97. The molecule has 1 amide bonds. The van der Waals surface area contributed by atoms with Crippen molar-refractivity contribution in [3.05, 3.63) is 29.8 Å². The van der Waals surface area contributed by atoms with Gasteiger partial charge in [0.15, 0.2) is 0 Å². The van der Waals surface area contributed by atoms with Crippen molar-refractivity contribution < 1.29 is 4.79 Å². The average Bonchev–Trinajstić information content (AvgIpc) is 2.82. The summed E-state index contributed by atoms with van der Waals surface area (Å²) in [7, 11) is 2.13. The van der Waals surface area contributed by atoms with Crippen LogP contribution in [0.3, 0.4) is 0 Å². The topological polar surface area (TPSA) is 58.4 Å². The van der Waals surface area contributed by atoms with Crippen LogP contribution in [0, 0.1) is 0 Å². The van der Waals surface area contributed by atoms with Gasteiger partial charge in [0.05, 0.1) is 0 Å². The minimum atomic E-state index is 0.134. The first kappa shape index (κ1) is 14.9. The standard InChI is InChI=1S/C16H25N3O/c1-12(13-5-7-14(17)8-6-13)10-16(20)18-11-15-4-3-9-19(15)2/h5-8,12,15H,3-4,9-11,17H2,1-2H3,(H,18,20). The molecule has 0 aromatic heterocycles. The summed E-state index contributed by atoms with van der Waals surface area (Å²) in [5.41, 5.74) is 7.59. The van der Waals surface area contributed by atoms with Crippen LogP contribution >= 0.6 is 0 Å². The molecule has 20 heavy (non-hydrogen) atoms. The van der Waals surface area contributed by atoms with Gasteiger partial charge in [0, 0.05) is 24.7 Å². The Kier molecular flexibility index (Phi) is 5.01. The first-order valence-electron chi connectivity index (χ1n) is 7.38. The van der Waals surface area contributed by atoms with Crippen molar-refractivity contribution in [1.82, 2.24) is 10.2 Å². The van der Waals surface area contributed by atoms with Crippen LogP contribution in [0.25, 0.3) is 0 Å². The second-order valence-electron chi connectivity index (χ2n) is 5.85. The molecule has 1 saturated heterocycles. The van der Waals surface area contributed by atoms with Crippen LogP contribution < -0.4 is 11.1 Å². The Labute approximate surface area is 121 Å². The minimum absolute atomic E-state index is 0.134. The van der Waals surface area contributed by atoms with E-state index in [2.05, 4.69) is 24.2 Å². The summed E-state index contributed by atoms with van der Waals surface area (Å²) in [4.78, 5) is 14.3. The van der Waals surface area contributed by atoms with E-state index in [1.807, 2.05) is 24.3 Å². The predicted octanol–water partition coefficient (Wildman–Crippen LogP) is 1.97. The Morgan fingerprint density at radius 1 is 1.45 bits per heavy atom. The largest absolute Gasteiger partial charge is 0.399 e. The normalized spacial score (nSPS) is 20.8. The molecule has 3 N–H and O–H groups in total. The number of rotatable bonds is 5. The number of anilines is 1. The summed E-state index contributed by atoms with van der Waals surface area (Å²) in [6, 6.07) is 8.27. The number of carbonyl (C=O) groups excluding carboxylic acids is 1. The maximum Gasteiger partial charge on any atom is 0.220 e. The van der Waals surface area contributed by atoms with Crippen molar-refractivity contribution in [3.63, 3.8) is 0 Å². The molecule has 1 heterocycles. The molecule has 4 nitrogen and oxygen atoms in total. The highest BCUT2D eigenvalue weighted by Crippen LogP contribution is 2.20. The number of hydrogen-bond acceptors (Lipinski definition) is 3. The SMILES string of the molecule is CC(CC(=O)NCC1CCCN1C)c1ccc(N)cc1. The Balaban J connectivity index is 1.77. The smallest absolute Gasteiger partial charge is 0.220 e. The number of carbonyl (C=O) groups is 1. The van der Waals surface area contributed by atoms with Crippen molar-refractivity contribution in [2.45, 2.75) is 38.1 Å². The number of nitrogens with one attached hydrogen (secondary N) is 1. The van der Waals surface area contributed by atoms with Crippen LogP contribution in [0.2, 0.25) is 0 Å². The quantitative estimate of drug-likeness (QED) is 0.808. The summed E-state index contributed by atoms with van der Waals surface area (Å²) in [5.74, 6) is 0.353. The van der Waals surface area contributed by atoms with Crippen LogP contribution in [-0.4, -0.2) is 37.0 Å². The maximum atomic E-state index is 12.0. The van der Waals surface area contributed by atoms with Gasteiger partial charge in [-0.15, -0.1) is 0 Å². The van der Waals surface area contributed by atoms with E-state index in [1.165, 1.54) is 12.8 Å². The lowest BCUT2D eigenvalue weighted by molar-refractivity contribution is -0.121. The molecule has 0 radical (unpaired) electrons. The van der Waals surface area contributed by atoms with Crippen LogP contribution in [0.1, 0.15) is 37.7 Å². The first-order chi connectivity index (χ1) is 9.56.